The largest absolute Gasteiger partial charge is 0.338 e. The topological polar surface area (TPSA) is 63.4 Å². The molecule has 6 nitrogen and oxygen atoms in total. The summed E-state index contributed by atoms with van der Waals surface area (Å²) in [4.78, 5) is 14.7. The Kier molecular flexibility index (Phi) is 4.60. The second kappa shape index (κ2) is 7.19. The van der Waals surface area contributed by atoms with Gasteiger partial charge in [0.1, 0.15) is 5.82 Å². The van der Waals surface area contributed by atoms with Crippen LogP contribution in [0.5, 0.6) is 0 Å². The average molecular weight is 353 g/mol. The second-order valence-corrected chi connectivity index (χ2v) is 6.79. The molecule has 26 heavy (non-hydrogen) atoms. The first-order chi connectivity index (χ1) is 12.7. The second-order valence-electron chi connectivity index (χ2n) is 6.79. The molecule has 134 valence electrons. The van der Waals surface area contributed by atoms with Crippen LogP contribution in [0.15, 0.2) is 42.6 Å². The summed E-state index contributed by atoms with van der Waals surface area (Å²) in [5.41, 5.74) is 1.91. The lowest BCUT2D eigenvalue weighted by atomic mass is 9.91. The molecule has 0 radical (unpaired) electrons. The number of halogens is 1. The molecule has 1 atom stereocenters. The minimum Gasteiger partial charge on any atom is -0.338 e. The first-order valence-corrected chi connectivity index (χ1v) is 8.91. The lowest BCUT2D eigenvalue weighted by molar-refractivity contribution is 0.0668. The maximum Gasteiger partial charge on any atom is 0.254 e. The Hall–Kier alpha value is -2.83. The summed E-state index contributed by atoms with van der Waals surface area (Å²) in [6.45, 7) is 1.47. The summed E-state index contributed by atoms with van der Waals surface area (Å²) in [7, 11) is 0. The van der Waals surface area contributed by atoms with E-state index in [9.17, 15) is 9.18 Å². The number of amides is 1. The molecule has 1 aliphatic rings. The van der Waals surface area contributed by atoms with Gasteiger partial charge in [-0.25, -0.2) is 8.91 Å². The number of tetrazole rings is 1. The summed E-state index contributed by atoms with van der Waals surface area (Å²) < 4.78 is 15.3. The lowest BCUT2D eigenvalue weighted by Gasteiger charge is -2.33. The maximum absolute atomic E-state index is 13.8. The van der Waals surface area contributed by atoms with Crippen molar-refractivity contribution in [3.8, 4) is 0 Å². The zero-order chi connectivity index (χ0) is 17.9. The molecule has 1 saturated heterocycles. The summed E-state index contributed by atoms with van der Waals surface area (Å²) in [5, 5.41) is 11.3. The zero-order valence-corrected chi connectivity index (χ0v) is 14.4. The van der Waals surface area contributed by atoms with E-state index in [2.05, 4.69) is 15.5 Å². The molecule has 3 aromatic rings. The Balaban J connectivity index is 1.41. The van der Waals surface area contributed by atoms with Crippen molar-refractivity contribution in [1.82, 2.24) is 24.9 Å². The van der Waals surface area contributed by atoms with Crippen molar-refractivity contribution in [1.29, 1.82) is 0 Å². The highest BCUT2D eigenvalue weighted by atomic mass is 19.1. The van der Waals surface area contributed by atoms with Crippen LogP contribution in [0.2, 0.25) is 0 Å². The number of likely N-dealkylation sites (tertiary alicyclic amines) is 1. The molecule has 1 aromatic carbocycles. The molecular weight excluding hydrogens is 333 g/mol. The molecule has 7 heteroatoms. The number of rotatable bonds is 4. The number of pyridine rings is 1. The number of fused-ring (bicyclic) bond motifs is 1. The molecule has 0 spiro atoms. The molecule has 1 unspecified atom stereocenters. The van der Waals surface area contributed by atoms with Gasteiger partial charge in [-0.1, -0.05) is 18.2 Å². The van der Waals surface area contributed by atoms with Crippen LogP contribution >= 0.6 is 0 Å². The summed E-state index contributed by atoms with van der Waals surface area (Å²) in [6.07, 6.45) is 5.34. The van der Waals surface area contributed by atoms with E-state index in [-0.39, 0.29) is 11.7 Å². The number of benzene rings is 1. The van der Waals surface area contributed by atoms with Gasteiger partial charge >= 0.3 is 0 Å². The summed E-state index contributed by atoms with van der Waals surface area (Å²) in [6, 6.07) is 10.4. The molecule has 1 fully saturated rings. The minimum absolute atomic E-state index is 0.00564. The molecule has 0 saturated carbocycles. The number of aryl methyl sites for hydroxylation is 1. The average Bonchev–Trinajstić information content (AvgIpc) is 3.15. The van der Waals surface area contributed by atoms with Gasteiger partial charge in [-0.05, 0) is 65.8 Å². The standard InChI is InChI=1S/C19H20FN5O/c20-17-6-2-1-5-15(17)8-7-14-4-3-10-24(13-14)19(26)16-9-11-25-18(12-16)21-22-23-25/h1-2,5-6,9,11-12,14H,3-4,7-8,10,13H2. The number of nitrogens with zero attached hydrogens (tertiary/aromatic N) is 5. The Bertz CT molecular complexity index is 925. The van der Waals surface area contributed by atoms with Crippen molar-refractivity contribution < 1.29 is 9.18 Å². The van der Waals surface area contributed by atoms with Crippen molar-refractivity contribution in [2.45, 2.75) is 25.7 Å². The van der Waals surface area contributed by atoms with Crippen LogP contribution in [-0.4, -0.2) is 43.9 Å². The van der Waals surface area contributed by atoms with Gasteiger partial charge in [-0.15, -0.1) is 5.10 Å². The molecule has 4 rings (SSSR count). The van der Waals surface area contributed by atoms with Gasteiger partial charge in [0, 0.05) is 24.8 Å². The third kappa shape index (κ3) is 3.42. The van der Waals surface area contributed by atoms with Crippen molar-refractivity contribution in [3.63, 3.8) is 0 Å². The maximum atomic E-state index is 13.8. The fraction of sp³-hybridized carbons (Fsp3) is 0.368. The van der Waals surface area contributed by atoms with Crippen LogP contribution in [-0.2, 0) is 6.42 Å². The highest BCUT2D eigenvalue weighted by Crippen LogP contribution is 2.23. The van der Waals surface area contributed by atoms with Gasteiger partial charge in [0.05, 0.1) is 0 Å². The number of aromatic nitrogens is 4. The molecular formula is C19H20FN5O. The van der Waals surface area contributed by atoms with E-state index in [4.69, 9.17) is 0 Å². The normalized spacial score (nSPS) is 17.6. The van der Waals surface area contributed by atoms with Crippen molar-refractivity contribution in [2.24, 2.45) is 5.92 Å². The monoisotopic (exact) mass is 353 g/mol. The van der Waals surface area contributed by atoms with Gasteiger partial charge in [-0.3, -0.25) is 4.79 Å². The van der Waals surface area contributed by atoms with E-state index >= 15 is 0 Å². The molecule has 0 aliphatic carbocycles. The lowest BCUT2D eigenvalue weighted by Crippen LogP contribution is -2.40. The fourth-order valence-electron chi connectivity index (χ4n) is 3.60. The van der Waals surface area contributed by atoms with Gasteiger partial charge in [-0.2, -0.15) is 0 Å². The molecule has 0 bridgehead atoms. The highest BCUT2D eigenvalue weighted by Gasteiger charge is 2.25. The number of hydrogen-bond donors (Lipinski definition) is 0. The minimum atomic E-state index is -0.147. The predicted octanol–water partition coefficient (Wildman–Crippen LogP) is 2.75. The fourth-order valence-corrected chi connectivity index (χ4v) is 3.60. The van der Waals surface area contributed by atoms with Crippen LogP contribution in [0.4, 0.5) is 4.39 Å². The molecule has 3 heterocycles. The first kappa shape index (κ1) is 16.6. The smallest absolute Gasteiger partial charge is 0.254 e. The molecule has 0 N–H and O–H groups in total. The van der Waals surface area contributed by atoms with Crippen LogP contribution in [0, 0.1) is 11.7 Å². The summed E-state index contributed by atoms with van der Waals surface area (Å²) >= 11 is 0. The Morgan fingerprint density at radius 1 is 1.27 bits per heavy atom. The van der Waals surface area contributed by atoms with E-state index in [0.29, 0.717) is 30.1 Å². The van der Waals surface area contributed by atoms with Gasteiger partial charge in [0.2, 0.25) is 0 Å². The SMILES string of the molecule is O=C(c1ccn2nnnc2c1)N1CCCC(CCc2ccccc2F)C1. The molecule has 1 amide bonds. The van der Waals surface area contributed by atoms with Crippen molar-refractivity contribution >= 4 is 11.6 Å². The quantitative estimate of drug-likeness (QED) is 0.723. The van der Waals surface area contributed by atoms with Crippen molar-refractivity contribution in [2.75, 3.05) is 13.1 Å². The molecule has 1 aliphatic heterocycles. The summed E-state index contributed by atoms with van der Waals surface area (Å²) in [5.74, 6) is 0.253. The van der Waals surface area contributed by atoms with Crippen LogP contribution < -0.4 is 0 Å². The van der Waals surface area contributed by atoms with E-state index < -0.39 is 0 Å². The van der Waals surface area contributed by atoms with Gasteiger partial charge in [0.25, 0.3) is 5.91 Å². The number of carbonyl (C=O) groups is 1. The van der Waals surface area contributed by atoms with Gasteiger partial charge < -0.3 is 4.90 Å². The van der Waals surface area contributed by atoms with E-state index in [1.165, 1.54) is 10.6 Å². The predicted molar refractivity (Wildman–Crippen MR) is 94.1 cm³/mol. The highest BCUT2D eigenvalue weighted by molar-refractivity contribution is 5.95. The van der Waals surface area contributed by atoms with Crippen LogP contribution in [0.3, 0.4) is 0 Å². The van der Waals surface area contributed by atoms with Crippen LogP contribution in [0.1, 0.15) is 35.2 Å². The van der Waals surface area contributed by atoms with E-state index in [1.807, 2.05) is 17.0 Å². The van der Waals surface area contributed by atoms with E-state index in [0.717, 1.165) is 31.4 Å². The first-order valence-electron chi connectivity index (χ1n) is 8.91. The van der Waals surface area contributed by atoms with Crippen molar-refractivity contribution in [3.05, 3.63) is 59.5 Å². The number of piperidine rings is 1. The number of hydrogen-bond acceptors (Lipinski definition) is 4. The molecule has 2 aromatic heterocycles. The van der Waals surface area contributed by atoms with E-state index in [1.54, 1.807) is 24.4 Å². The van der Waals surface area contributed by atoms with Gasteiger partial charge in [0.15, 0.2) is 5.65 Å². The van der Waals surface area contributed by atoms with Crippen LogP contribution in [0.25, 0.3) is 5.65 Å². The third-order valence-corrected chi connectivity index (χ3v) is 5.03. The Labute approximate surface area is 150 Å². The zero-order valence-electron chi connectivity index (χ0n) is 14.4. The number of carbonyl (C=O) groups excluding carboxylic acids is 1. The Morgan fingerprint density at radius 3 is 3.04 bits per heavy atom. The third-order valence-electron chi connectivity index (χ3n) is 5.03. The Morgan fingerprint density at radius 2 is 2.15 bits per heavy atom.